The van der Waals surface area contributed by atoms with E-state index in [9.17, 15) is 9.90 Å². The molecule has 0 bridgehead atoms. The fraction of sp³-hybridized carbons (Fsp3) is 0.632. The summed E-state index contributed by atoms with van der Waals surface area (Å²) >= 11 is 0. The first kappa shape index (κ1) is 17.1. The Bertz CT molecular complexity index is 538. The summed E-state index contributed by atoms with van der Waals surface area (Å²) in [5.74, 6) is 0.648. The van der Waals surface area contributed by atoms with Gasteiger partial charge in [0, 0.05) is 18.3 Å². The number of piperidine rings is 1. The van der Waals surface area contributed by atoms with Gasteiger partial charge in [-0.3, -0.25) is 4.79 Å². The van der Waals surface area contributed by atoms with Crippen molar-refractivity contribution in [3.8, 4) is 5.75 Å². The van der Waals surface area contributed by atoms with E-state index in [-0.39, 0.29) is 0 Å². The van der Waals surface area contributed by atoms with Gasteiger partial charge in [-0.2, -0.15) is 0 Å². The van der Waals surface area contributed by atoms with Crippen molar-refractivity contribution >= 4 is 11.6 Å². The predicted molar refractivity (Wildman–Crippen MR) is 95.5 cm³/mol. The molecule has 1 aromatic rings. The number of hydrogen-bond donors (Lipinski definition) is 2. The van der Waals surface area contributed by atoms with Crippen LogP contribution in [-0.2, 0) is 4.79 Å². The SMILES string of the molecule is CC[C@@H]1CCCCN1C(=O)C[NH+]1CCN(c2ccc(O)cc2)CC1. The summed E-state index contributed by atoms with van der Waals surface area (Å²) in [4.78, 5) is 18.6. The Hall–Kier alpha value is -1.75. The molecule has 1 atom stereocenters. The van der Waals surface area contributed by atoms with Crippen LogP contribution in [0.2, 0.25) is 0 Å². The minimum Gasteiger partial charge on any atom is -0.508 e. The Labute approximate surface area is 144 Å². The van der Waals surface area contributed by atoms with Gasteiger partial charge in [-0.05, 0) is 49.9 Å². The molecule has 2 fully saturated rings. The van der Waals surface area contributed by atoms with Crippen molar-refractivity contribution in [2.24, 2.45) is 0 Å². The van der Waals surface area contributed by atoms with Crippen molar-refractivity contribution in [3.63, 3.8) is 0 Å². The molecule has 2 aliphatic rings. The van der Waals surface area contributed by atoms with Gasteiger partial charge >= 0.3 is 0 Å². The normalized spacial score (nSPS) is 22.6. The maximum atomic E-state index is 12.7. The van der Waals surface area contributed by atoms with E-state index in [1.165, 1.54) is 17.7 Å². The molecule has 2 heterocycles. The van der Waals surface area contributed by atoms with Crippen LogP contribution in [0.4, 0.5) is 5.69 Å². The number of likely N-dealkylation sites (tertiary alicyclic amines) is 1. The number of nitrogens with zero attached hydrogens (tertiary/aromatic N) is 2. The van der Waals surface area contributed by atoms with Crippen molar-refractivity contribution in [1.29, 1.82) is 0 Å². The highest BCUT2D eigenvalue weighted by molar-refractivity contribution is 5.77. The molecule has 5 heteroatoms. The lowest BCUT2D eigenvalue weighted by atomic mass is 10.00. The molecular weight excluding hydrogens is 302 g/mol. The first-order chi connectivity index (χ1) is 11.7. The number of carbonyl (C=O) groups is 1. The summed E-state index contributed by atoms with van der Waals surface area (Å²) in [6.07, 6.45) is 4.68. The zero-order valence-corrected chi connectivity index (χ0v) is 14.7. The van der Waals surface area contributed by atoms with Crippen LogP contribution < -0.4 is 9.80 Å². The lowest BCUT2D eigenvalue weighted by Gasteiger charge is -2.37. The lowest BCUT2D eigenvalue weighted by molar-refractivity contribution is -0.892. The van der Waals surface area contributed by atoms with Crippen LogP contribution in [0.15, 0.2) is 24.3 Å². The second kappa shape index (κ2) is 7.88. The van der Waals surface area contributed by atoms with E-state index in [1.807, 2.05) is 12.1 Å². The molecule has 0 radical (unpaired) electrons. The molecule has 0 saturated carbocycles. The smallest absolute Gasteiger partial charge is 0.278 e. The van der Waals surface area contributed by atoms with E-state index in [2.05, 4.69) is 16.7 Å². The summed E-state index contributed by atoms with van der Waals surface area (Å²) in [5.41, 5.74) is 1.15. The Balaban J connectivity index is 1.49. The minimum absolute atomic E-state index is 0.306. The molecule has 0 aliphatic carbocycles. The largest absolute Gasteiger partial charge is 0.508 e. The van der Waals surface area contributed by atoms with Gasteiger partial charge in [0.15, 0.2) is 6.54 Å². The van der Waals surface area contributed by atoms with Crippen LogP contribution in [0.1, 0.15) is 32.6 Å². The zero-order valence-electron chi connectivity index (χ0n) is 14.7. The Morgan fingerprint density at radius 3 is 2.54 bits per heavy atom. The first-order valence-electron chi connectivity index (χ1n) is 9.34. The van der Waals surface area contributed by atoms with Crippen LogP contribution >= 0.6 is 0 Å². The van der Waals surface area contributed by atoms with Crippen LogP contribution in [0.3, 0.4) is 0 Å². The maximum absolute atomic E-state index is 12.7. The van der Waals surface area contributed by atoms with Crippen LogP contribution in [0, 0.1) is 0 Å². The molecule has 0 aromatic heterocycles. The van der Waals surface area contributed by atoms with Crippen LogP contribution in [0.5, 0.6) is 5.75 Å². The van der Waals surface area contributed by atoms with E-state index in [0.717, 1.165) is 51.3 Å². The fourth-order valence-electron chi connectivity index (χ4n) is 3.99. The third-order valence-electron chi connectivity index (χ3n) is 5.51. The lowest BCUT2D eigenvalue weighted by Crippen LogP contribution is -3.16. The fourth-order valence-corrected chi connectivity index (χ4v) is 3.99. The van der Waals surface area contributed by atoms with Gasteiger partial charge in [0.1, 0.15) is 5.75 Å². The zero-order chi connectivity index (χ0) is 16.9. The quantitative estimate of drug-likeness (QED) is 0.861. The van der Waals surface area contributed by atoms with Gasteiger partial charge in [-0.25, -0.2) is 0 Å². The molecule has 0 spiro atoms. The molecule has 132 valence electrons. The second-order valence-electron chi connectivity index (χ2n) is 7.08. The van der Waals surface area contributed by atoms with Gasteiger partial charge in [0.25, 0.3) is 5.91 Å². The van der Waals surface area contributed by atoms with E-state index in [1.54, 1.807) is 12.1 Å². The number of rotatable bonds is 4. The summed E-state index contributed by atoms with van der Waals surface area (Å²) < 4.78 is 0. The molecule has 1 aromatic carbocycles. The molecule has 0 unspecified atom stereocenters. The summed E-state index contributed by atoms with van der Waals surface area (Å²) in [7, 11) is 0. The number of benzene rings is 1. The number of anilines is 1. The number of nitrogens with one attached hydrogen (secondary N) is 1. The average Bonchev–Trinajstić information content (AvgIpc) is 2.63. The van der Waals surface area contributed by atoms with Gasteiger partial charge < -0.3 is 19.8 Å². The van der Waals surface area contributed by atoms with E-state index in [4.69, 9.17) is 0 Å². The molecule has 3 rings (SSSR count). The van der Waals surface area contributed by atoms with E-state index >= 15 is 0 Å². The summed E-state index contributed by atoms with van der Waals surface area (Å²) in [6.45, 7) is 7.70. The predicted octanol–water partition coefficient (Wildman–Crippen LogP) is 0.888. The summed E-state index contributed by atoms with van der Waals surface area (Å²) in [5, 5.41) is 9.40. The Morgan fingerprint density at radius 1 is 1.17 bits per heavy atom. The Kier molecular flexibility index (Phi) is 5.61. The molecule has 2 aliphatic heterocycles. The molecule has 1 amide bonds. The number of phenols is 1. The standard InChI is InChI=1S/C19H29N3O2/c1-2-16-5-3-4-10-22(16)19(24)15-20-11-13-21(14-12-20)17-6-8-18(23)9-7-17/h6-9,16,23H,2-5,10-15H2,1H3/p+1/t16-/m1/s1. The summed E-state index contributed by atoms with van der Waals surface area (Å²) in [6, 6.07) is 7.86. The molecule has 2 N–H and O–H groups in total. The number of hydrogen-bond acceptors (Lipinski definition) is 3. The molecule has 2 saturated heterocycles. The molecular formula is C19H30N3O2+. The number of carbonyl (C=O) groups excluding carboxylic acids is 1. The van der Waals surface area contributed by atoms with Gasteiger partial charge in [-0.15, -0.1) is 0 Å². The number of phenolic OH excluding ortho intramolecular Hbond substituents is 1. The molecule has 24 heavy (non-hydrogen) atoms. The number of amides is 1. The number of piperazine rings is 1. The van der Waals surface area contributed by atoms with E-state index in [0.29, 0.717) is 24.2 Å². The second-order valence-corrected chi connectivity index (χ2v) is 7.08. The minimum atomic E-state index is 0.306. The van der Waals surface area contributed by atoms with Crippen LogP contribution in [0.25, 0.3) is 0 Å². The van der Waals surface area contributed by atoms with Crippen LogP contribution in [-0.4, -0.2) is 61.2 Å². The third-order valence-corrected chi connectivity index (χ3v) is 5.51. The topological polar surface area (TPSA) is 48.2 Å². The van der Waals surface area contributed by atoms with Crippen molar-refractivity contribution < 1.29 is 14.8 Å². The number of quaternary nitrogens is 1. The Morgan fingerprint density at radius 2 is 1.88 bits per heavy atom. The first-order valence-corrected chi connectivity index (χ1v) is 9.34. The molecule has 5 nitrogen and oxygen atoms in total. The third kappa shape index (κ3) is 4.01. The number of aromatic hydroxyl groups is 1. The van der Waals surface area contributed by atoms with Crippen molar-refractivity contribution in [2.45, 2.75) is 38.6 Å². The van der Waals surface area contributed by atoms with E-state index < -0.39 is 0 Å². The highest BCUT2D eigenvalue weighted by atomic mass is 16.3. The van der Waals surface area contributed by atoms with Crippen molar-refractivity contribution in [1.82, 2.24) is 4.90 Å². The monoisotopic (exact) mass is 332 g/mol. The van der Waals surface area contributed by atoms with Gasteiger partial charge in [0.2, 0.25) is 0 Å². The van der Waals surface area contributed by atoms with Crippen molar-refractivity contribution in [3.05, 3.63) is 24.3 Å². The average molecular weight is 332 g/mol. The highest BCUT2D eigenvalue weighted by Crippen LogP contribution is 2.19. The van der Waals surface area contributed by atoms with Gasteiger partial charge in [0.05, 0.1) is 26.2 Å². The maximum Gasteiger partial charge on any atom is 0.278 e. The highest BCUT2D eigenvalue weighted by Gasteiger charge is 2.29. The van der Waals surface area contributed by atoms with Gasteiger partial charge in [-0.1, -0.05) is 6.92 Å². The van der Waals surface area contributed by atoms with Crippen molar-refractivity contribution in [2.75, 3.05) is 44.2 Å².